The molecule has 0 fully saturated rings. The van der Waals surface area contributed by atoms with Crippen LogP contribution in [0.15, 0.2) is 47.1 Å². The summed E-state index contributed by atoms with van der Waals surface area (Å²) in [4.78, 5) is 4.46. The average molecular weight is 319 g/mol. The van der Waals surface area contributed by atoms with E-state index in [1.807, 2.05) is 12.3 Å². The fourth-order valence-corrected chi connectivity index (χ4v) is 2.34. The lowest BCUT2D eigenvalue weighted by Gasteiger charge is -2.15. The van der Waals surface area contributed by atoms with E-state index in [1.54, 1.807) is 0 Å². The number of aryl methyl sites for hydroxylation is 1. The number of aromatic nitrogens is 1. The molecule has 1 aromatic heterocycles. The Bertz CT molecular complexity index is 523. The molecule has 3 heteroatoms. The topological polar surface area (TPSA) is 24.9 Å². The lowest BCUT2D eigenvalue weighted by atomic mass is 10.1. The molecule has 0 saturated heterocycles. The first-order valence-corrected chi connectivity index (χ1v) is 7.41. The number of nitrogens with one attached hydrogen (secondary N) is 1. The van der Waals surface area contributed by atoms with Crippen LogP contribution in [0.1, 0.15) is 36.7 Å². The van der Waals surface area contributed by atoms with Crippen LogP contribution in [0.3, 0.4) is 0 Å². The van der Waals surface area contributed by atoms with Gasteiger partial charge in [-0.2, -0.15) is 0 Å². The molecule has 0 aliphatic carbocycles. The molecule has 0 bridgehead atoms. The molecule has 1 atom stereocenters. The van der Waals surface area contributed by atoms with Crippen molar-refractivity contribution in [3.8, 4) is 0 Å². The van der Waals surface area contributed by atoms with E-state index < -0.39 is 0 Å². The van der Waals surface area contributed by atoms with Crippen molar-refractivity contribution in [1.82, 2.24) is 10.3 Å². The minimum Gasteiger partial charge on any atom is -0.305 e. The van der Waals surface area contributed by atoms with Crippen LogP contribution in [0.5, 0.6) is 0 Å². The number of hydrogen-bond acceptors (Lipinski definition) is 2. The Hall–Kier alpha value is -1.19. The van der Waals surface area contributed by atoms with Gasteiger partial charge in [0.15, 0.2) is 0 Å². The monoisotopic (exact) mass is 318 g/mol. The van der Waals surface area contributed by atoms with Crippen molar-refractivity contribution in [2.75, 3.05) is 0 Å². The Morgan fingerprint density at radius 3 is 2.63 bits per heavy atom. The minimum atomic E-state index is 0.319. The Balaban J connectivity index is 2.00. The van der Waals surface area contributed by atoms with Gasteiger partial charge in [0.1, 0.15) is 0 Å². The van der Waals surface area contributed by atoms with Gasteiger partial charge in [-0.05, 0) is 42.7 Å². The van der Waals surface area contributed by atoms with Gasteiger partial charge >= 0.3 is 0 Å². The molecule has 1 aromatic carbocycles. The lowest BCUT2D eigenvalue weighted by molar-refractivity contribution is 0.565. The summed E-state index contributed by atoms with van der Waals surface area (Å²) >= 11 is 3.46. The largest absolute Gasteiger partial charge is 0.305 e. The number of halogens is 1. The van der Waals surface area contributed by atoms with Crippen molar-refractivity contribution >= 4 is 15.9 Å². The van der Waals surface area contributed by atoms with Gasteiger partial charge in [-0.25, -0.2) is 0 Å². The fraction of sp³-hybridized carbons (Fsp3) is 0.312. The third-order valence-electron chi connectivity index (χ3n) is 3.31. The van der Waals surface area contributed by atoms with Crippen LogP contribution in [-0.2, 0) is 13.0 Å². The second-order valence-corrected chi connectivity index (χ2v) is 5.53. The lowest BCUT2D eigenvalue weighted by Crippen LogP contribution is -2.19. The quantitative estimate of drug-likeness (QED) is 0.891. The van der Waals surface area contributed by atoms with Gasteiger partial charge in [-0.1, -0.05) is 41.1 Å². The van der Waals surface area contributed by atoms with Gasteiger partial charge in [-0.15, -0.1) is 0 Å². The second kappa shape index (κ2) is 6.83. The number of benzene rings is 1. The zero-order chi connectivity index (χ0) is 13.7. The predicted octanol–water partition coefficient (Wildman–Crippen LogP) is 4.26. The van der Waals surface area contributed by atoms with E-state index >= 15 is 0 Å². The molecule has 0 radical (unpaired) electrons. The maximum absolute atomic E-state index is 4.46. The molecular formula is C16H19BrN2. The summed E-state index contributed by atoms with van der Waals surface area (Å²) in [6.07, 6.45) is 2.89. The average Bonchev–Trinajstić information content (AvgIpc) is 2.45. The van der Waals surface area contributed by atoms with Crippen molar-refractivity contribution in [3.63, 3.8) is 0 Å². The molecule has 1 N–H and O–H groups in total. The normalized spacial score (nSPS) is 12.4. The van der Waals surface area contributed by atoms with Crippen LogP contribution in [0, 0.1) is 0 Å². The highest BCUT2D eigenvalue weighted by Gasteiger charge is 2.07. The van der Waals surface area contributed by atoms with Crippen molar-refractivity contribution in [3.05, 3.63) is 63.9 Å². The molecule has 2 rings (SSSR count). The maximum Gasteiger partial charge on any atom is 0.0573 e. The molecule has 1 unspecified atom stereocenters. The summed E-state index contributed by atoms with van der Waals surface area (Å²) in [5.74, 6) is 0. The van der Waals surface area contributed by atoms with E-state index in [2.05, 4.69) is 70.4 Å². The van der Waals surface area contributed by atoms with E-state index in [0.29, 0.717) is 6.04 Å². The van der Waals surface area contributed by atoms with Gasteiger partial charge in [-0.3, -0.25) is 4.98 Å². The van der Waals surface area contributed by atoms with Crippen LogP contribution in [0.25, 0.3) is 0 Å². The SMILES string of the molecule is CCc1cccnc1CNC(C)c1ccc(Br)cc1. The van der Waals surface area contributed by atoms with Gasteiger partial charge in [0, 0.05) is 23.3 Å². The van der Waals surface area contributed by atoms with E-state index in [-0.39, 0.29) is 0 Å². The van der Waals surface area contributed by atoms with Gasteiger partial charge in [0.05, 0.1) is 5.69 Å². The van der Waals surface area contributed by atoms with E-state index in [4.69, 9.17) is 0 Å². The van der Waals surface area contributed by atoms with Crippen molar-refractivity contribution in [2.24, 2.45) is 0 Å². The molecule has 2 aromatic rings. The Labute approximate surface area is 123 Å². The standard InChI is InChI=1S/C16H19BrN2/c1-3-13-5-4-10-18-16(13)11-19-12(2)14-6-8-15(17)9-7-14/h4-10,12,19H,3,11H2,1-2H3. The Morgan fingerprint density at radius 2 is 1.95 bits per heavy atom. The van der Waals surface area contributed by atoms with Gasteiger partial charge in [0.25, 0.3) is 0 Å². The zero-order valence-electron chi connectivity index (χ0n) is 11.4. The molecular weight excluding hydrogens is 300 g/mol. The third-order valence-corrected chi connectivity index (χ3v) is 3.84. The van der Waals surface area contributed by atoms with Crippen LogP contribution in [0.4, 0.5) is 0 Å². The summed E-state index contributed by atoms with van der Waals surface area (Å²) in [5.41, 5.74) is 3.75. The Morgan fingerprint density at radius 1 is 1.21 bits per heavy atom. The first-order chi connectivity index (χ1) is 9.20. The van der Waals surface area contributed by atoms with Crippen LogP contribution >= 0.6 is 15.9 Å². The Kier molecular flexibility index (Phi) is 5.11. The van der Waals surface area contributed by atoms with E-state index in [0.717, 1.165) is 23.1 Å². The molecule has 100 valence electrons. The summed E-state index contributed by atoms with van der Waals surface area (Å²) in [5, 5.41) is 3.53. The first kappa shape index (κ1) is 14.2. The van der Waals surface area contributed by atoms with E-state index in [1.165, 1.54) is 11.1 Å². The molecule has 19 heavy (non-hydrogen) atoms. The number of pyridine rings is 1. The number of nitrogens with zero attached hydrogens (tertiary/aromatic N) is 1. The maximum atomic E-state index is 4.46. The highest BCUT2D eigenvalue weighted by molar-refractivity contribution is 9.10. The van der Waals surface area contributed by atoms with Gasteiger partial charge < -0.3 is 5.32 Å². The predicted molar refractivity (Wildman–Crippen MR) is 83.0 cm³/mol. The molecule has 0 saturated carbocycles. The number of rotatable bonds is 5. The highest BCUT2D eigenvalue weighted by Crippen LogP contribution is 2.17. The number of hydrogen-bond donors (Lipinski definition) is 1. The summed E-state index contributed by atoms with van der Waals surface area (Å²) in [6.45, 7) is 5.15. The summed E-state index contributed by atoms with van der Waals surface area (Å²) in [6, 6.07) is 12.9. The molecule has 0 aliphatic heterocycles. The molecule has 1 heterocycles. The zero-order valence-corrected chi connectivity index (χ0v) is 12.9. The first-order valence-electron chi connectivity index (χ1n) is 6.62. The van der Waals surface area contributed by atoms with Crippen LogP contribution in [-0.4, -0.2) is 4.98 Å². The third kappa shape index (κ3) is 3.88. The van der Waals surface area contributed by atoms with Gasteiger partial charge in [0.2, 0.25) is 0 Å². The molecule has 0 spiro atoms. The van der Waals surface area contributed by atoms with Crippen molar-refractivity contribution in [1.29, 1.82) is 0 Å². The van der Waals surface area contributed by atoms with Crippen LogP contribution in [0.2, 0.25) is 0 Å². The van der Waals surface area contributed by atoms with Crippen molar-refractivity contribution < 1.29 is 0 Å². The fourth-order valence-electron chi connectivity index (χ4n) is 2.07. The van der Waals surface area contributed by atoms with Crippen molar-refractivity contribution in [2.45, 2.75) is 32.9 Å². The minimum absolute atomic E-state index is 0.319. The molecule has 0 amide bonds. The van der Waals surface area contributed by atoms with Crippen LogP contribution < -0.4 is 5.32 Å². The smallest absolute Gasteiger partial charge is 0.0573 e. The molecule has 0 aliphatic rings. The summed E-state index contributed by atoms with van der Waals surface area (Å²) in [7, 11) is 0. The van der Waals surface area contributed by atoms with E-state index in [9.17, 15) is 0 Å². The molecule has 2 nitrogen and oxygen atoms in total. The summed E-state index contributed by atoms with van der Waals surface area (Å²) < 4.78 is 1.11. The highest BCUT2D eigenvalue weighted by atomic mass is 79.9. The second-order valence-electron chi connectivity index (χ2n) is 4.62.